The molecule has 1 aliphatic rings. The third kappa shape index (κ3) is 10.3. The quantitative estimate of drug-likeness (QED) is 0.185. The van der Waals surface area contributed by atoms with Crippen molar-refractivity contribution in [2.24, 2.45) is 29.4 Å². The molecule has 4 amide bonds. The van der Waals surface area contributed by atoms with Crippen LogP contribution in [0.2, 0.25) is 0 Å². The van der Waals surface area contributed by atoms with E-state index in [0.29, 0.717) is 38.8 Å². The van der Waals surface area contributed by atoms with Gasteiger partial charge in [-0.25, -0.2) is 8.42 Å². The molecule has 1 heterocycles. The number of nitrogens with one attached hydrogen (secondary N) is 2. The topological polar surface area (TPSA) is 168 Å². The van der Waals surface area contributed by atoms with Crippen LogP contribution in [0.1, 0.15) is 79.2 Å². The first-order chi connectivity index (χ1) is 23.4. The molecule has 4 N–H and O–H groups in total. The Bertz CT molecular complexity index is 1390. The molecule has 1 saturated heterocycles. The monoisotopic (exact) mass is 721 g/mol. The van der Waals surface area contributed by atoms with E-state index in [1.165, 1.54) is 7.11 Å². The van der Waals surface area contributed by atoms with Gasteiger partial charge < -0.3 is 30.9 Å². The number of methoxy groups -OCH3 is 1. The number of carbonyl (C=O) groups excluding carboxylic acids is 4. The molecule has 50 heavy (non-hydrogen) atoms. The molecule has 13 heteroatoms. The number of sulfone groups is 1. The number of hydrogen-bond donors (Lipinski definition) is 3. The number of likely N-dealkylation sites (N-methyl/N-ethyl adjacent to an activating group) is 2. The number of likely N-dealkylation sites (tertiary alicyclic amines) is 1. The van der Waals surface area contributed by atoms with E-state index in [4.69, 9.17) is 10.5 Å². The third-order valence-corrected chi connectivity index (χ3v) is 12.4. The number of nitrogens with zero attached hydrogens (tertiary/aromatic N) is 2. The van der Waals surface area contributed by atoms with Crippen molar-refractivity contribution in [2.75, 3.05) is 40.6 Å². The van der Waals surface area contributed by atoms with Gasteiger partial charge in [0.2, 0.25) is 23.6 Å². The molecule has 0 radical (unpaired) electrons. The summed E-state index contributed by atoms with van der Waals surface area (Å²) in [5.41, 5.74) is 5.72. The van der Waals surface area contributed by atoms with E-state index in [-0.39, 0.29) is 48.3 Å². The molecule has 7 atom stereocenters. The highest BCUT2D eigenvalue weighted by atomic mass is 32.2. The largest absolute Gasteiger partial charge is 0.379 e. The molecule has 12 nitrogen and oxygen atoms in total. The Morgan fingerprint density at radius 2 is 1.70 bits per heavy atom. The van der Waals surface area contributed by atoms with Crippen molar-refractivity contribution < 1.29 is 32.3 Å². The smallest absolute Gasteiger partial charge is 0.238 e. The van der Waals surface area contributed by atoms with Crippen LogP contribution in [0.4, 0.5) is 0 Å². The van der Waals surface area contributed by atoms with Crippen LogP contribution in [-0.2, 0) is 40.2 Å². The zero-order valence-corrected chi connectivity index (χ0v) is 32.7. The standard InChI is InChI=1S/C37H63N5O7S/c1-11-26(6)34(41(8)35(45)33(24(2)3)37(39-7,25(4)5)36(38)46)29(49-9)22-32(44)42-21-15-18-28(42)30(50(10,47)48)23-31(43)40-20-19-27-16-13-12-14-17-27/h12-14,16-17,24-26,28-30,33-34,39H,11,15,18-23H2,1-10H3,(H2,38,46)(H,40,43). The number of ether oxygens (including phenoxy) is 1. The summed E-state index contributed by atoms with van der Waals surface area (Å²) in [6, 6.07) is 8.48. The van der Waals surface area contributed by atoms with Crippen molar-refractivity contribution in [1.82, 2.24) is 20.4 Å². The number of benzene rings is 1. The minimum atomic E-state index is -3.71. The summed E-state index contributed by atoms with van der Waals surface area (Å²) in [5.74, 6) is -3.00. The van der Waals surface area contributed by atoms with E-state index in [9.17, 15) is 27.6 Å². The molecular weight excluding hydrogens is 659 g/mol. The molecule has 284 valence electrons. The zero-order valence-electron chi connectivity index (χ0n) is 31.9. The summed E-state index contributed by atoms with van der Waals surface area (Å²) in [6.07, 6.45) is 2.41. The van der Waals surface area contributed by atoms with Gasteiger partial charge in [0.15, 0.2) is 9.84 Å². The molecular formula is C37H63N5O7S. The average Bonchev–Trinajstić information content (AvgIpc) is 3.54. The number of carbonyl (C=O) groups is 4. The van der Waals surface area contributed by atoms with Gasteiger partial charge >= 0.3 is 0 Å². The first-order valence-electron chi connectivity index (χ1n) is 18.0. The second kappa shape index (κ2) is 19.0. The van der Waals surface area contributed by atoms with Crippen LogP contribution in [0.15, 0.2) is 30.3 Å². The lowest BCUT2D eigenvalue weighted by atomic mass is 9.69. The van der Waals surface area contributed by atoms with Crippen molar-refractivity contribution in [3.8, 4) is 0 Å². The summed E-state index contributed by atoms with van der Waals surface area (Å²) in [5, 5.41) is 4.88. The first kappa shape index (κ1) is 43.1. The van der Waals surface area contributed by atoms with Crippen LogP contribution in [0, 0.1) is 23.7 Å². The number of amides is 4. The van der Waals surface area contributed by atoms with Crippen molar-refractivity contribution in [2.45, 2.75) is 109 Å². The van der Waals surface area contributed by atoms with Gasteiger partial charge in [0.25, 0.3) is 0 Å². The van der Waals surface area contributed by atoms with Crippen molar-refractivity contribution in [3.05, 3.63) is 35.9 Å². The van der Waals surface area contributed by atoms with Crippen LogP contribution in [0.5, 0.6) is 0 Å². The Morgan fingerprint density at radius 1 is 1.08 bits per heavy atom. The van der Waals surface area contributed by atoms with Gasteiger partial charge in [0, 0.05) is 46.0 Å². The fraction of sp³-hybridized carbons (Fsp3) is 0.730. The van der Waals surface area contributed by atoms with Gasteiger partial charge in [-0.1, -0.05) is 78.3 Å². The van der Waals surface area contributed by atoms with Gasteiger partial charge in [-0.3, -0.25) is 19.2 Å². The number of primary amides is 1. The van der Waals surface area contributed by atoms with Crippen LogP contribution in [0.25, 0.3) is 0 Å². The van der Waals surface area contributed by atoms with Crippen LogP contribution >= 0.6 is 0 Å². The molecule has 1 aromatic carbocycles. The fourth-order valence-corrected chi connectivity index (χ4v) is 9.22. The van der Waals surface area contributed by atoms with E-state index in [1.54, 1.807) is 23.9 Å². The van der Waals surface area contributed by atoms with Crippen molar-refractivity contribution in [1.29, 1.82) is 0 Å². The average molecular weight is 722 g/mol. The minimum absolute atomic E-state index is 0.0937. The fourth-order valence-electron chi connectivity index (χ4n) is 7.92. The van der Waals surface area contributed by atoms with Gasteiger partial charge in [0.05, 0.1) is 29.7 Å². The Balaban J connectivity index is 2.33. The molecule has 0 spiro atoms. The van der Waals surface area contributed by atoms with Crippen LogP contribution in [-0.4, -0.2) is 111 Å². The number of rotatable bonds is 20. The van der Waals surface area contributed by atoms with Crippen molar-refractivity contribution >= 4 is 33.5 Å². The first-order valence-corrected chi connectivity index (χ1v) is 19.9. The summed E-state index contributed by atoms with van der Waals surface area (Å²) in [4.78, 5) is 57.7. The molecule has 0 bridgehead atoms. The van der Waals surface area contributed by atoms with E-state index in [1.807, 2.05) is 71.9 Å². The van der Waals surface area contributed by atoms with E-state index in [0.717, 1.165) is 11.8 Å². The zero-order chi connectivity index (χ0) is 38.0. The van der Waals surface area contributed by atoms with Crippen molar-refractivity contribution in [3.63, 3.8) is 0 Å². The van der Waals surface area contributed by atoms with Crippen LogP contribution < -0.4 is 16.4 Å². The molecule has 7 unspecified atom stereocenters. The minimum Gasteiger partial charge on any atom is -0.379 e. The maximum Gasteiger partial charge on any atom is 0.238 e. The third-order valence-electron chi connectivity index (χ3n) is 10.8. The Hall–Kier alpha value is -3.03. The molecule has 0 saturated carbocycles. The summed E-state index contributed by atoms with van der Waals surface area (Å²) < 4.78 is 32.1. The van der Waals surface area contributed by atoms with E-state index < -0.39 is 50.6 Å². The molecule has 1 aromatic rings. The molecule has 0 aromatic heterocycles. The van der Waals surface area contributed by atoms with Gasteiger partial charge in [0.1, 0.15) is 5.54 Å². The Labute approximate surface area is 300 Å². The molecule has 1 aliphatic heterocycles. The predicted octanol–water partition coefficient (Wildman–Crippen LogP) is 2.79. The second-order valence-electron chi connectivity index (χ2n) is 14.6. The second-order valence-corrected chi connectivity index (χ2v) is 16.9. The van der Waals surface area contributed by atoms with Gasteiger partial charge in [-0.2, -0.15) is 0 Å². The summed E-state index contributed by atoms with van der Waals surface area (Å²) in [6.45, 7) is 12.2. The lowest BCUT2D eigenvalue weighted by Gasteiger charge is -2.46. The number of hydrogen-bond acceptors (Lipinski definition) is 8. The summed E-state index contributed by atoms with van der Waals surface area (Å²) >= 11 is 0. The molecule has 1 fully saturated rings. The number of nitrogens with two attached hydrogens (primary N) is 1. The maximum atomic E-state index is 14.5. The van der Waals surface area contributed by atoms with Gasteiger partial charge in [-0.15, -0.1) is 0 Å². The SMILES string of the molecule is CCC(C)C(C(CC(=O)N1CCCC1C(CC(=O)NCCc1ccccc1)S(C)(=O)=O)OC)N(C)C(=O)C(C(C)C)C(NC)(C(N)=O)C(C)C. The lowest BCUT2D eigenvalue weighted by Crippen LogP contribution is -2.68. The highest BCUT2D eigenvalue weighted by molar-refractivity contribution is 7.91. The van der Waals surface area contributed by atoms with E-state index in [2.05, 4.69) is 10.6 Å². The normalized spacial score (nSPS) is 19.4. The highest BCUT2D eigenvalue weighted by Gasteiger charge is 2.52. The summed E-state index contributed by atoms with van der Waals surface area (Å²) in [7, 11) is 1.11. The Morgan fingerprint density at radius 3 is 2.18 bits per heavy atom. The Kier molecular flexibility index (Phi) is 16.4. The maximum absolute atomic E-state index is 14.5. The lowest BCUT2D eigenvalue weighted by molar-refractivity contribution is -0.153. The van der Waals surface area contributed by atoms with Gasteiger partial charge in [-0.05, 0) is 49.6 Å². The molecule has 2 rings (SSSR count). The molecule has 0 aliphatic carbocycles. The highest BCUT2D eigenvalue weighted by Crippen LogP contribution is 2.35. The predicted molar refractivity (Wildman–Crippen MR) is 197 cm³/mol. The van der Waals surface area contributed by atoms with Crippen LogP contribution in [0.3, 0.4) is 0 Å². The van der Waals surface area contributed by atoms with E-state index >= 15 is 0 Å².